The summed E-state index contributed by atoms with van der Waals surface area (Å²) in [5.41, 5.74) is 1.67. The lowest BCUT2D eigenvalue weighted by Gasteiger charge is -2.36. The van der Waals surface area contributed by atoms with Crippen LogP contribution in [-0.4, -0.2) is 18.0 Å². The van der Waals surface area contributed by atoms with Gasteiger partial charge < -0.3 is 4.90 Å². The number of alkyl halides is 1. The summed E-state index contributed by atoms with van der Waals surface area (Å²) in [5.74, 6) is 1.53. The summed E-state index contributed by atoms with van der Waals surface area (Å²) in [4.78, 5) is 13.0. The number of hydrogen-bond acceptors (Lipinski definition) is 3. The zero-order chi connectivity index (χ0) is 14.0. The van der Waals surface area contributed by atoms with Gasteiger partial charge in [-0.25, -0.2) is 0 Å². The molecule has 1 aliphatic rings. The third-order valence-corrected chi connectivity index (χ3v) is 4.37. The molecule has 4 nitrogen and oxygen atoms in total. The molecule has 1 aliphatic heterocycles. The number of benzene rings is 1. The molecule has 2 atom stereocenters. The van der Waals surface area contributed by atoms with Crippen molar-refractivity contribution in [1.82, 2.24) is 0 Å². The minimum absolute atomic E-state index is 0.167. The molecular weight excluding hydrogens is 264 g/mol. The second-order valence-corrected chi connectivity index (χ2v) is 5.67. The molecule has 0 amide bonds. The van der Waals surface area contributed by atoms with Gasteiger partial charge in [-0.2, -0.15) is 0 Å². The number of nitro benzene ring substituents is 1. The molecule has 0 radical (unpaired) electrons. The molecule has 5 heteroatoms. The maximum Gasteiger partial charge on any atom is 0.292 e. The number of nitrogens with zero attached hydrogens (tertiary/aromatic N) is 2. The standard InChI is InChI=1S/C14H19ClN2O2/c1-10-5-6-16(9-11(10)2)13-4-3-12(8-15)7-14(13)17(18)19/h3-4,7,10-11H,5-6,8-9H2,1-2H3. The largest absolute Gasteiger partial charge is 0.366 e. The third kappa shape index (κ3) is 3.00. The molecule has 104 valence electrons. The number of anilines is 1. The van der Waals surface area contributed by atoms with E-state index in [9.17, 15) is 10.1 Å². The Morgan fingerprint density at radius 3 is 2.74 bits per heavy atom. The average Bonchev–Trinajstić information content (AvgIpc) is 2.41. The smallest absolute Gasteiger partial charge is 0.292 e. The third-order valence-electron chi connectivity index (χ3n) is 4.07. The van der Waals surface area contributed by atoms with Crippen LogP contribution >= 0.6 is 11.6 Å². The molecule has 0 aromatic heterocycles. The van der Waals surface area contributed by atoms with Gasteiger partial charge in [-0.15, -0.1) is 11.6 Å². The summed E-state index contributed by atoms with van der Waals surface area (Å²) < 4.78 is 0. The maximum atomic E-state index is 11.2. The highest BCUT2D eigenvalue weighted by atomic mass is 35.5. The van der Waals surface area contributed by atoms with Crippen molar-refractivity contribution in [3.05, 3.63) is 33.9 Å². The molecule has 0 saturated carbocycles. The Kier molecular flexibility index (Phi) is 4.30. The summed E-state index contributed by atoms with van der Waals surface area (Å²) >= 11 is 5.75. The minimum atomic E-state index is -0.311. The van der Waals surface area contributed by atoms with Gasteiger partial charge in [-0.1, -0.05) is 19.9 Å². The fourth-order valence-electron chi connectivity index (χ4n) is 2.55. The highest BCUT2D eigenvalue weighted by Gasteiger charge is 2.27. The van der Waals surface area contributed by atoms with Gasteiger partial charge in [0.1, 0.15) is 5.69 Å². The molecule has 1 saturated heterocycles. The summed E-state index contributed by atoms with van der Waals surface area (Å²) in [7, 11) is 0. The Bertz CT molecular complexity index is 479. The molecule has 19 heavy (non-hydrogen) atoms. The van der Waals surface area contributed by atoms with Gasteiger partial charge in [0.25, 0.3) is 5.69 Å². The van der Waals surface area contributed by atoms with E-state index in [-0.39, 0.29) is 10.6 Å². The van der Waals surface area contributed by atoms with E-state index in [1.54, 1.807) is 6.07 Å². The number of hydrogen-bond donors (Lipinski definition) is 0. The lowest BCUT2D eigenvalue weighted by Crippen LogP contribution is -2.38. The fourth-order valence-corrected chi connectivity index (χ4v) is 2.71. The Morgan fingerprint density at radius 2 is 2.16 bits per heavy atom. The van der Waals surface area contributed by atoms with Gasteiger partial charge in [0, 0.05) is 25.0 Å². The van der Waals surface area contributed by atoms with Crippen molar-refractivity contribution >= 4 is 23.0 Å². The first-order chi connectivity index (χ1) is 9.02. The minimum Gasteiger partial charge on any atom is -0.366 e. The highest BCUT2D eigenvalue weighted by molar-refractivity contribution is 6.17. The zero-order valence-corrected chi connectivity index (χ0v) is 12.1. The van der Waals surface area contributed by atoms with E-state index in [0.717, 1.165) is 30.8 Å². The Morgan fingerprint density at radius 1 is 1.42 bits per heavy atom. The van der Waals surface area contributed by atoms with Crippen LogP contribution in [0, 0.1) is 22.0 Å². The van der Waals surface area contributed by atoms with Crippen molar-refractivity contribution in [1.29, 1.82) is 0 Å². The van der Waals surface area contributed by atoms with Crippen LogP contribution in [0.25, 0.3) is 0 Å². The van der Waals surface area contributed by atoms with Crippen molar-refractivity contribution in [2.75, 3.05) is 18.0 Å². The predicted molar refractivity (Wildman–Crippen MR) is 77.8 cm³/mol. The number of nitro groups is 1. The number of piperidine rings is 1. The molecule has 1 aromatic carbocycles. The predicted octanol–water partition coefficient (Wildman–Crippen LogP) is 3.82. The summed E-state index contributed by atoms with van der Waals surface area (Å²) in [6.45, 7) is 6.21. The van der Waals surface area contributed by atoms with Crippen LogP contribution in [0.3, 0.4) is 0 Å². The Balaban J connectivity index is 2.31. The average molecular weight is 283 g/mol. The second-order valence-electron chi connectivity index (χ2n) is 5.40. The zero-order valence-electron chi connectivity index (χ0n) is 11.3. The van der Waals surface area contributed by atoms with Crippen LogP contribution < -0.4 is 4.90 Å². The van der Waals surface area contributed by atoms with Crippen LogP contribution in [0.4, 0.5) is 11.4 Å². The van der Waals surface area contributed by atoms with E-state index < -0.39 is 0 Å². The van der Waals surface area contributed by atoms with Crippen LogP contribution in [0.1, 0.15) is 25.8 Å². The van der Waals surface area contributed by atoms with Gasteiger partial charge in [-0.3, -0.25) is 10.1 Å². The van der Waals surface area contributed by atoms with Crippen molar-refractivity contribution in [3.8, 4) is 0 Å². The molecule has 1 aromatic rings. The van der Waals surface area contributed by atoms with Crippen LogP contribution in [0.2, 0.25) is 0 Å². The molecule has 2 rings (SSSR count). The second kappa shape index (κ2) is 5.78. The van der Waals surface area contributed by atoms with Gasteiger partial charge >= 0.3 is 0 Å². The van der Waals surface area contributed by atoms with Crippen molar-refractivity contribution in [2.24, 2.45) is 11.8 Å². The first-order valence-corrected chi connectivity index (χ1v) is 7.14. The summed E-state index contributed by atoms with van der Waals surface area (Å²) in [5, 5.41) is 11.2. The van der Waals surface area contributed by atoms with Gasteiger partial charge in [0.05, 0.1) is 4.92 Å². The van der Waals surface area contributed by atoms with Gasteiger partial charge in [0.15, 0.2) is 0 Å². The van der Waals surface area contributed by atoms with Crippen molar-refractivity contribution in [2.45, 2.75) is 26.1 Å². The maximum absolute atomic E-state index is 11.2. The van der Waals surface area contributed by atoms with E-state index >= 15 is 0 Å². The molecule has 2 unspecified atom stereocenters. The monoisotopic (exact) mass is 282 g/mol. The Hall–Kier alpha value is -1.29. The van der Waals surface area contributed by atoms with Gasteiger partial charge in [0.2, 0.25) is 0 Å². The van der Waals surface area contributed by atoms with Crippen molar-refractivity contribution in [3.63, 3.8) is 0 Å². The van der Waals surface area contributed by atoms with Crippen LogP contribution in [0.5, 0.6) is 0 Å². The highest BCUT2D eigenvalue weighted by Crippen LogP contribution is 2.34. The molecule has 0 aliphatic carbocycles. The SMILES string of the molecule is CC1CCN(c2ccc(CCl)cc2[N+](=O)[O-])CC1C. The fraction of sp³-hybridized carbons (Fsp3) is 0.571. The van der Waals surface area contributed by atoms with Crippen LogP contribution in [0.15, 0.2) is 18.2 Å². The van der Waals surface area contributed by atoms with Gasteiger partial charge in [-0.05, 0) is 29.9 Å². The van der Waals surface area contributed by atoms with E-state index in [2.05, 4.69) is 18.7 Å². The quantitative estimate of drug-likeness (QED) is 0.481. The van der Waals surface area contributed by atoms with Crippen LogP contribution in [-0.2, 0) is 5.88 Å². The lowest BCUT2D eigenvalue weighted by molar-refractivity contribution is -0.384. The van der Waals surface area contributed by atoms with E-state index in [4.69, 9.17) is 11.6 Å². The molecular formula is C14H19ClN2O2. The first-order valence-electron chi connectivity index (χ1n) is 6.61. The van der Waals surface area contributed by atoms with E-state index in [1.807, 2.05) is 12.1 Å². The molecule has 0 N–H and O–H groups in total. The lowest BCUT2D eigenvalue weighted by atomic mass is 9.88. The first kappa shape index (κ1) is 14.1. The number of halogens is 1. The molecule has 1 heterocycles. The molecule has 1 fully saturated rings. The summed E-state index contributed by atoms with van der Waals surface area (Å²) in [6.07, 6.45) is 1.08. The topological polar surface area (TPSA) is 46.4 Å². The van der Waals surface area contributed by atoms with E-state index in [0.29, 0.717) is 17.7 Å². The van der Waals surface area contributed by atoms with E-state index in [1.165, 1.54) is 0 Å². The molecule has 0 spiro atoms. The molecule has 0 bridgehead atoms. The van der Waals surface area contributed by atoms with Crippen molar-refractivity contribution < 1.29 is 4.92 Å². The Labute approximate surface area is 118 Å². The number of rotatable bonds is 3. The normalized spacial score (nSPS) is 23.4. The summed E-state index contributed by atoms with van der Waals surface area (Å²) in [6, 6.07) is 5.29.